The minimum Gasteiger partial charge on any atom is -0.379 e. The average Bonchev–Trinajstić information content (AvgIpc) is 2.75. The summed E-state index contributed by atoms with van der Waals surface area (Å²) in [5.74, 6) is -0.0860. The Kier molecular flexibility index (Phi) is 5.08. The molecule has 1 aliphatic rings. The molecular weight excluding hydrogens is 196 g/mol. The molecule has 1 rings (SSSR count). The Morgan fingerprint density at radius 3 is 3.13 bits per heavy atom. The van der Waals surface area contributed by atoms with E-state index in [0.717, 1.165) is 6.42 Å². The number of nitriles is 1. The predicted octanol–water partition coefficient (Wildman–Crippen LogP) is 0.164. The highest BCUT2D eigenvalue weighted by Crippen LogP contribution is 2.07. The van der Waals surface area contributed by atoms with E-state index in [9.17, 15) is 4.79 Å². The van der Waals surface area contributed by atoms with Crippen molar-refractivity contribution < 1.29 is 14.3 Å². The number of likely N-dealkylation sites (N-methyl/N-ethyl adjacent to an activating group) is 1. The van der Waals surface area contributed by atoms with Gasteiger partial charge in [0, 0.05) is 20.2 Å². The predicted molar refractivity (Wildman–Crippen MR) is 53.0 cm³/mol. The smallest absolute Gasteiger partial charge is 0.248 e. The van der Waals surface area contributed by atoms with Gasteiger partial charge in [-0.1, -0.05) is 0 Å². The van der Waals surface area contributed by atoms with Gasteiger partial charge in [-0.05, 0) is 6.42 Å². The van der Waals surface area contributed by atoms with Crippen LogP contribution in [0, 0.1) is 11.3 Å². The Bertz CT molecular complexity index is 244. The highest BCUT2D eigenvalue weighted by Gasteiger charge is 2.18. The third kappa shape index (κ3) is 4.28. The molecule has 0 bridgehead atoms. The molecule has 5 heteroatoms. The summed E-state index contributed by atoms with van der Waals surface area (Å²) in [5, 5.41) is 8.36. The van der Waals surface area contributed by atoms with E-state index in [1.54, 1.807) is 7.05 Å². The van der Waals surface area contributed by atoms with E-state index in [2.05, 4.69) is 0 Å². The van der Waals surface area contributed by atoms with Gasteiger partial charge in [0.05, 0.1) is 25.2 Å². The van der Waals surface area contributed by atoms with E-state index in [1.807, 2.05) is 6.07 Å². The molecule has 1 unspecified atom stereocenters. The lowest BCUT2D eigenvalue weighted by Gasteiger charge is -2.16. The van der Waals surface area contributed by atoms with Crippen LogP contribution in [0.4, 0.5) is 0 Å². The highest BCUT2D eigenvalue weighted by molar-refractivity contribution is 5.77. The fraction of sp³-hybridized carbons (Fsp3) is 0.800. The van der Waals surface area contributed by atoms with Gasteiger partial charge in [0.15, 0.2) is 0 Å². The van der Waals surface area contributed by atoms with Crippen LogP contribution in [-0.2, 0) is 14.3 Å². The number of amides is 1. The van der Waals surface area contributed by atoms with Crippen molar-refractivity contribution in [1.82, 2.24) is 4.90 Å². The van der Waals surface area contributed by atoms with Crippen molar-refractivity contribution in [3.8, 4) is 6.07 Å². The molecule has 0 spiro atoms. The van der Waals surface area contributed by atoms with E-state index < -0.39 is 0 Å². The van der Waals surface area contributed by atoms with Crippen LogP contribution in [0.15, 0.2) is 0 Å². The third-order valence-corrected chi connectivity index (χ3v) is 2.32. The molecule has 1 fully saturated rings. The summed E-state index contributed by atoms with van der Waals surface area (Å²) in [6, 6.07) is 2.00. The molecular formula is C10H16N2O3. The largest absolute Gasteiger partial charge is 0.379 e. The third-order valence-electron chi connectivity index (χ3n) is 2.32. The average molecular weight is 212 g/mol. The van der Waals surface area contributed by atoms with Gasteiger partial charge in [-0.25, -0.2) is 0 Å². The highest BCUT2D eigenvalue weighted by atomic mass is 16.5. The van der Waals surface area contributed by atoms with Crippen molar-refractivity contribution in [3.63, 3.8) is 0 Å². The van der Waals surface area contributed by atoms with E-state index in [1.165, 1.54) is 4.90 Å². The van der Waals surface area contributed by atoms with Crippen LogP contribution in [0.3, 0.4) is 0 Å². The van der Waals surface area contributed by atoms with E-state index >= 15 is 0 Å². The fourth-order valence-corrected chi connectivity index (χ4v) is 1.29. The normalized spacial score (nSPS) is 19.9. The van der Waals surface area contributed by atoms with E-state index in [0.29, 0.717) is 26.2 Å². The molecule has 0 saturated carbocycles. The van der Waals surface area contributed by atoms with Crippen LogP contribution >= 0.6 is 0 Å². The number of carbonyl (C=O) groups is 1. The van der Waals surface area contributed by atoms with Crippen molar-refractivity contribution in [2.24, 2.45) is 0 Å². The number of hydrogen-bond acceptors (Lipinski definition) is 4. The van der Waals surface area contributed by atoms with Crippen molar-refractivity contribution in [1.29, 1.82) is 5.26 Å². The van der Waals surface area contributed by atoms with Gasteiger partial charge < -0.3 is 14.4 Å². The first kappa shape index (κ1) is 12.0. The molecule has 1 atom stereocenters. The van der Waals surface area contributed by atoms with Gasteiger partial charge >= 0.3 is 0 Å². The Hall–Kier alpha value is -1.12. The van der Waals surface area contributed by atoms with Crippen molar-refractivity contribution in [3.05, 3.63) is 0 Å². The molecule has 5 nitrogen and oxygen atoms in total. The topological polar surface area (TPSA) is 62.6 Å². The number of ether oxygens (including phenoxy) is 2. The van der Waals surface area contributed by atoms with Crippen LogP contribution < -0.4 is 0 Å². The Balaban J connectivity index is 2.14. The Morgan fingerprint density at radius 1 is 1.73 bits per heavy atom. The van der Waals surface area contributed by atoms with Crippen LogP contribution in [0.1, 0.15) is 12.8 Å². The number of nitrogens with zero attached hydrogens (tertiary/aromatic N) is 2. The number of hydrogen-bond donors (Lipinski definition) is 0. The first-order valence-electron chi connectivity index (χ1n) is 5.04. The lowest BCUT2D eigenvalue weighted by Crippen LogP contribution is -2.32. The summed E-state index contributed by atoms with van der Waals surface area (Å²) >= 11 is 0. The molecule has 0 aliphatic carbocycles. The fourth-order valence-electron chi connectivity index (χ4n) is 1.29. The second-order valence-corrected chi connectivity index (χ2v) is 3.52. The molecule has 1 saturated heterocycles. The van der Waals surface area contributed by atoms with E-state index in [-0.39, 0.29) is 18.6 Å². The second kappa shape index (κ2) is 6.38. The molecule has 84 valence electrons. The molecule has 1 aliphatic heterocycles. The lowest BCUT2D eigenvalue weighted by molar-refractivity contribution is -0.136. The van der Waals surface area contributed by atoms with Crippen molar-refractivity contribution in [2.45, 2.75) is 18.9 Å². The van der Waals surface area contributed by atoms with Crippen LogP contribution in [0.25, 0.3) is 0 Å². The van der Waals surface area contributed by atoms with Gasteiger partial charge in [-0.3, -0.25) is 4.79 Å². The van der Waals surface area contributed by atoms with Crippen molar-refractivity contribution in [2.75, 3.05) is 33.4 Å². The molecule has 0 aromatic rings. The molecule has 0 N–H and O–H groups in total. The first-order chi connectivity index (χ1) is 7.24. The maximum Gasteiger partial charge on any atom is 0.248 e. The monoisotopic (exact) mass is 212 g/mol. The second-order valence-electron chi connectivity index (χ2n) is 3.52. The number of carbonyl (C=O) groups excluding carboxylic acids is 1. The maximum atomic E-state index is 11.5. The summed E-state index contributed by atoms with van der Waals surface area (Å²) in [6.07, 6.45) is 1.27. The van der Waals surface area contributed by atoms with Gasteiger partial charge in [-0.15, -0.1) is 0 Å². The molecule has 1 amide bonds. The van der Waals surface area contributed by atoms with Crippen LogP contribution in [-0.4, -0.2) is 50.3 Å². The summed E-state index contributed by atoms with van der Waals surface area (Å²) in [6.45, 7) is 1.83. The van der Waals surface area contributed by atoms with Gasteiger partial charge in [0.2, 0.25) is 5.91 Å². The molecule has 0 aromatic heterocycles. The quantitative estimate of drug-likeness (QED) is 0.651. The first-order valence-corrected chi connectivity index (χ1v) is 5.04. The molecule has 15 heavy (non-hydrogen) atoms. The zero-order chi connectivity index (χ0) is 11.1. The zero-order valence-electron chi connectivity index (χ0n) is 8.94. The Labute approximate surface area is 89.6 Å². The Morgan fingerprint density at radius 2 is 2.53 bits per heavy atom. The lowest BCUT2D eigenvalue weighted by atomic mass is 10.3. The molecule has 0 aromatic carbocycles. The zero-order valence-corrected chi connectivity index (χ0v) is 8.94. The maximum absolute atomic E-state index is 11.5. The molecule has 0 radical (unpaired) electrons. The van der Waals surface area contributed by atoms with Crippen molar-refractivity contribution >= 4 is 5.91 Å². The summed E-state index contributed by atoms with van der Waals surface area (Å²) in [7, 11) is 1.67. The summed E-state index contributed by atoms with van der Waals surface area (Å²) in [5.41, 5.74) is 0. The van der Waals surface area contributed by atoms with Gasteiger partial charge in [-0.2, -0.15) is 5.26 Å². The summed E-state index contributed by atoms with van der Waals surface area (Å²) in [4.78, 5) is 13.0. The molecule has 1 heterocycles. The van der Waals surface area contributed by atoms with Crippen LogP contribution in [0.2, 0.25) is 0 Å². The SMILES string of the molecule is CN(CCC#N)C(=O)COC1CCOC1. The van der Waals surface area contributed by atoms with Gasteiger partial charge in [0.1, 0.15) is 6.61 Å². The standard InChI is InChI=1S/C10H16N2O3/c1-12(5-2-4-11)10(13)8-15-9-3-6-14-7-9/h9H,2-3,5-8H2,1H3. The minimum atomic E-state index is -0.0860. The van der Waals surface area contributed by atoms with Crippen LogP contribution in [0.5, 0.6) is 0 Å². The summed E-state index contributed by atoms with van der Waals surface area (Å²) < 4.78 is 10.5. The number of rotatable bonds is 5. The van der Waals surface area contributed by atoms with Gasteiger partial charge in [0.25, 0.3) is 0 Å². The van der Waals surface area contributed by atoms with E-state index in [4.69, 9.17) is 14.7 Å². The minimum absolute atomic E-state index is 0.0540.